The monoisotopic (exact) mass is 377 g/mol. The van der Waals surface area contributed by atoms with Crippen LogP contribution in [-0.2, 0) is 22.4 Å². The second-order valence-electron chi connectivity index (χ2n) is 7.13. The third-order valence-corrected chi connectivity index (χ3v) is 5.17. The number of imidazole rings is 1. The summed E-state index contributed by atoms with van der Waals surface area (Å²) in [6.45, 7) is 4.10. The molecule has 1 amide bonds. The van der Waals surface area contributed by atoms with E-state index >= 15 is 0 Å². The standard InChI is InChI=1S/C22H23N3O3/c1-3-28-22(27)16-6-4-5-7-17(16)24-21(26)15-9-10-18-19(12-15)25-13-14(2)8-11-20(25)23-18/h4-8,11,13,15H,3,9-10,12H2,1-2H3,(H,24,26). The molecule has 1 N–H and O–H groups in total. The lowest BCUT2D eigenvalue weighted by molar-refractivity contribution is -0.120. The van der Waals surface area contributed by atoms with E-state index in [4.69, 9.17) is 9.72 Å². The predicted molar refractivity (Wildman–Crippen MR) is 106 cm³/mol. The number of anilines is 1. The molecule has 6 nitrogen and oxygen atoms in total. The Hall–Kier alpha value is -3.15. The van der Waals surface area contributed by atoms with Crippen LogP contribution in [0.15, 0.2) is 42.6 Å². The number of nitrogens with one attached hydrogen (secondary N) is 1. The van der Waals surface area contributed by atoms with Crippen LogP contribution in [0.2, 0.25) is 0 Å². The van der Waals surface area contributed by atoms with E-state index in [1.54, 1.807) is 31.2 Å². The van der Waals surface area contributed by atoms with E-state index in [0.29, 0.717) is 24.3 Å². The molecule has 0 bridgehead atoms. The van der Waals surface area contributed by atoms with Crippen LogP contribution in [0, 0.1) is 12.8 Å². The smallest absolute Gasteiger partial charge is 0.340 e. The summed E-state index contributed by atoms with van der Waals surface area (Å²) in [7, 11) is 0. The molecule has 0 fully saturated rings. The minimum absolute atomic E-state index is 0.0787. The Bertz CT molecular complexity index is 1050. The molecule has 1 aromatic carbocycles. The van der Waals surface area contributed by atoms with Crippen LogP contribution < -0.4 is 5.32 Å². The number of aryl methyl sites for hydroxylation is 2. The lowest BCUT2D eigenvalue weighted by Gasteiger charge is -2.22. The fourth-order valence-corrected chi connectivity index (χ4v) is 3.75. The average molecular weight is 377 g/mol. The van der Waals surface area contributed by atoms with E-state index in [-0.39, 0.29) is 11.8 Å². The Labute approximate surface area is 163 Å². The third-order valence-electron chi connectivity index (χ3n) is 5.17. The lowest BCUT2D eigenvalue weighted by atomic mass is 9.89. The molecule has 2 heterocycles. The van der Waals surface area contributed by atoms with Crippen LogP contribution in [0.4, 0.5) is 5.69 Å². The summed E-state index contributed by atoms with van der Waals surface area (Å²) in [4.78, 5) is 29.8. The van der Waals surface area contributed by atoms with Crippen LogP contribution >= 0.6 is 0 Å². The van der Waals surface area contributed by atoms with Crippen molar-refractivity contribution in [1.29, 1.82) is 0 Å². The first-order chi connectivity index (χ1) is 13.6. The number of carbonyl (C=O) groups is 2. The highest BCUT2D eigenvalue weighted by Gasteiger charge is 2.29. The largest absolute Gasteiger partial charge is 0.462 e. The number of ether oxygens (including phenoxy) is 1. The molecule has 2 aromatic heterocycles. The van der Waals surface area contributed by atoms with Gasteiger partial charge in [-0.1, -0.05) is 18.2 Å². The van der Waals surface area contributed by atoms with Crippen LogP contribution in [0.3, 0.4) is 0 Å². The molecule has 0 saturated heterocycles. The number of fused-ring (bicyclic) bond motifs is 3. The Kier molecular flexibility index (Phi) is 4.86. The third kappa shape index (κ3) is 3.38. The average Bonchev–Trinajstić information content (AvgIpc) is 3.05. The summed E-state index contributed by atoms with van der Waals surface area (Å²) >= 11 is 0. The van der Waals surface area contributed by atoms with E-state index in [1.807, 2.05) is 19.1 Å². The van der Waals surface area contributed by atoms with E-state index in [2.05, 4.69) is 15.9 Å². The van der Waals surface area contributed by atoms with Crippen molar-refractivity contribution in [3.8, 4) is 0 Å². The molecule has 144 valence electrons. The molecule has 3 aromatic rings. The SMILES string of the molecule is CCOC(=O)c1ccccc1NC(=O)C1CCc2nc3ccc(C)cn3c2C1. The molecule has 0 radical (unpaired) electrons. The fraction of sp³-hybridized carbons (Fsp3) is 0.318. The molecule has 28 heavy (non-hydrogen) atoms. The molecule has 1 unspecified atom stereocenters. The number of para-hydroxylation sites is 1. The summed E-state index contributed by atoms with van der Waals surface area (Å²) in [5.74, 6) is -0.672. The van der Waals surface area contributed by atoms with E-state index in [0.717, 1.165) is 35.4 Å². The van der Waals surface area contributed by atoms with Gasteiger partial charge in [-0.05, 0) is 50.5 Å². The van der Waals surface area contributed by atoms with Gasteiger partial charge >= 0.3 is 5.97 Å². The van der Waals surface area contributed by atoms with Crippen molar-refractivity contribution in [2.75, 3.05) is 11.9 Å². The zero-order valence-corrected chi connectivity index (χ0v) is 16.1. The highest BCUT2D eigenvalue weighted by molar-refractivity contribution is 6.02. The van der Waals surface area contributed by atoms with Crippen molar-refractivity contribution < 1.29 is 14.3 Å². The molecule has 1 aliphatic carbocycles. The molecule has 0 saturated carbocycles. The van der Waals surface area contributed by atoms with Crippen molar-refractivity contribution in [2.24, 2.45) is 5.92 Å². The zero-order chi connectivity index (χ0) is 19.7. The number of hydrogen-bond acceptors (Lipinski definition) is 4. The van der Waals surface area contributed by atoms with Gasteiger partial charge in [-0.3, -0.25) is 4.79 Å². The highest BCUT2D eigenvalue weighted by Crippen LogP contribution is 2.28. The summed E-state index contributed by atoms with van der Waals surface area (Å²) in [6.07, 6.45) is 4.21. The van der Waals surface area contributed by atoms with Gasteiger partial charge < -0.3 is 14.5 Å². The highest BCUT2D eigenvalue weighted by atomic mass is 16.5. The van der Waals surface area contributed by atoms with Gasteiger partial charge in [0.1, 0.15) is 5.65 Å². The number of esters is 1. The zero-order valence-electron chi connectivity index (χ0n) is 16.1. The predicted octanol–water partition coefficient (Wildman–Crippen LogP) is 3.56. The quantitative estimate of drug-likeness (QED) is 0.706. The first-order valence-electron chi connectivity index (χ1n) is 9.60. The topological polar surface area (TPSA) is 72.7 Å². The molecule has 0 spiro atoms. The van der Waals surface area contributed by atoms with Crippen molar-refractivity contribution in [3.05, 3.63) is 65.1 Å². The maximum atomic E-state index is 12.9. The number of carbonyl (C=O) groups excluding carboxylic acids is 2. The summed E-state index contributed by atoms with van der Waals surface area (Å²) in [5, 5.41) is 2.93. The minimum atomic E-state index is -0.429. The van der Waals surface area contributed by atoms with Crippen LogP contribution in [0.25, 0.3) is 5.65 Å². The van der Waals surface area contributed by atoms with E-state index in [1.165, 1.54) is 0 Å². The number of nitrogens with zero attached hydrogens (tertiary/aromatic N) is 2. The summed E-state index contributed by atoms with van der Waals surface area (Å²) < 4.78 is 7.18. The first kappa shape index (κ1) is 18.2. The number of pyridine rings is 1. The Morgan fingerprint density at radius 1 is 1.25 bits per heavy atom. The van der Waals surface area contributed by atoms with E-state index in [9.17, 15) is 9.59 Å². The van der Waals surface area contributed by atoms with Crippen LogP contribution in [-0.4, -0.2) is 27.9 Å². The summed E-state index contributed by atoms with van der Waals surface area (Å²) in [5.41, 5.74) is 5.11. The van der Waals surface area contributed by atoms with Crippen LogP contribution in [0.1, 0.15) is 40.7 Å². The van der Waals surface area contributed by atoms with Crippen molar-refractivity contribution in [1.82, 2.24) is 9.38 Å². The fourth-order valence-electron chi connectivity index (χ4n) is 3.75. The van der Waals surface area contributed by atoms with Gasteiger partial charge in [0.2, 0.25) is 5.91 Å². The molecule has 1 aliphatic rings. The molecule has 4 rings (SSSR count). The van der Waals surface area contributed by atoms with Crippen LogP contribution in [0.5, 0.6) is 0 Å². The second-order valence-corrected chi connectivity index (χ2v) is 7.13. The molecule has 1 atom stereocenters. The van der Waals surface area contributed by atoms with Gasteiger partial charge in [0.25, 0.3) is 0 Å². The number of rotatable bonds is 4. The Morgan fingerprint density at radius 3 is 2.89 bits per heavy atom. The first-order valence-corrected chi connectivity index (χ1v) is 9.60. The summed E-state index contributed by atoms with van der Waals surface area (Å²) in [6, 6.07) is 11.0. The van der Waals surface area contributed by atoms with Crippen molar-refractivity contribution in [2.45, 2.75) is 33.1 Å². The Balaban J connectivity index is 1.56. The van der Waals surface area contributed by atoms with E-state index < -0.39 is 5.97 Å². The van der Waals surface area contributed by atoms with Crippen molar-refractivity contribution in [3.63, 3.8) is 0 Å². The van der Waals surface area contributed by atoms with Crippen molar-refractivity contribution >= 4 is 23.2 Å². The number of hydrogen-bond donors (Lipinski definition) is 1. The Morgan fingerprint density at radius 2 is 2.07 bits per heavy atom. The molecular formula is C22H23N3O3. The molecular weight excluding hydrogens is 354 g/mol. The van der Waals surface area contributed by atoms with Gasteiger partial charge in [-0.2, -0.15) is 0 Å². The van der Waals surface area contributed by atoms with Gasteiger partial charge in [0.15, 0.2) is 0 Å². The molecule has 6 heteroatoms. The second kappa shape index (κ2) is 7.46. The van der Waals surface area contributed by atoms with Gasteiger partial charge in [0, 0.05) is 24.2 Å². The number of benzene rings is 1. The van der Waals surface area contributed by atoms with Gasteiger partial charge in [-0.15, -0.1) is 0 Å². The normalized spacial score (nSPS) is 15.9. The van der Waals surface area contributed by atoms with Gasteiger partial charge in [0.05, 0.1) is 23.6 Å². The number of amides is 1. The van der Waals surface area contributed by atoms with Gasteiger partial charge in [-0.25, -0.2) is 9.78 Å². The maximum Gasteiger partial charge on any atom is 0.340 e. The number of aromatic nitrogens is 2. The lowest BCUT2D eigenvalue weighted by Crippen LogP contribution is -2.29. The molecule has 0 aliphatic heterocycles. The minimum Gasteiger partial charge on any atom is -0.462 e. The maximum absolute atomic E-state index is 12.9.